The van der Waals surface area contributed by atoms with E-state index in [1.807, 2.05) is 13.8 Å². The van der Waals surface area contributed by atoms with Crippen molar-refractivity contribution in [1.82, 2.24) is 5.32 Å². The molecule has 0 bridgehead atoms. The first kappa shape index (κ1) is 19.8. The highest BCUT2D eigenvalue weighted by atomic mass is 16.5. The Labute approximate surface area is 143 Å². The Kier molecular flexibility index (Phi) is 7.07. The predicted octanol–water partition coefficient (Wildman–Crippen LogP) is 2.34. The number of nitrogens with one attached hydrogen (secondary N) is 1. The van der Waals surface area contributed by atoms with Crippen molar-refractivity contribution in [2.24, 2.45) is 5.92 Å². The molecule has 0 aromatic heterocycles. The van der Waals surface area contributed by atoms with Gasteiger partial charge in [-0.2, -0.15) is 0 Å². The van der Waals surface area contributed by atoms with Crippen LogP contribution in [0.1, 0.15) is 33.3 Å². The minimum atomic E-state index is -1.07. The first-order chi connectivity index (χ1) is 11.3. The second-order valence-corrected chi connectivity index (χ2v) is 5.99. The van der Waals surface area contributed by atoms with Crippen LogP contribution < -0.4 is 14.8 Å². The van der Waals surface area contributed by atoms with Gasteiger partial charge in [0.2, 0.25) is 5.91 Å². The quantitative estimate of drug-likeness (QED) is 0.737. The molecule has 134 valence electrons. The summed E-state index contributed by atoms with van der Waals surface area (Å²) in [5.41, 5.74) is -0.302. The molecule has 1 aromatic rings. The monoisotopic (exact) mass is 337 g/mol. The van der Waals surface area contributed by atoms with E-state index >= 15 is 0 Å². The number of benzene rings is 1. The molecule has 1 amide bonds. The van der Waals surface area contributed by atoms with Gasteiger partial charge in [0, 0.05) is 0 Å². The second kappa shape index (κ2) is 8.57. The molecule has 1 atom stereocenters. The number of hydrogen-bond acceptors (Lipinski definition) is 5. The van der Waals surface area contributed by atoms with Crippen LogP contribution in [0.25, 0.3) is 0 Å². The zero-order valence-electron chi connectivity index (χ0n) is 15.3. The molecule has 1 aromatic carbocycles. The highest BCUT2D eigenvalue weighted by molar-refractivity contribution is 5.89. The molecule has 1 rings (SSSR count). The van der Waals surface area contributed by atoms with Gasteiger partial charge in [0.05, 0.1) is 27.2 Å². The van der Waals surface area contributed by atoms with Gasteiger partial charge in [0.15, 0.2) is 11.5 Å². The lowest BCUT2D eigenvalue weighted by molar-refractivity contribution is -0.154. The summed E-state index contributed by atoms with van der Waals surface area (Å²) in [4.78, 5) is 24.6. The van der Waals surface area contributed by atoms with E-state index in [1.165, 1.54) is 7.11 Å². The maximum Gasteiger partial charge on any atom is 0.331 e. The van der Waals surface area contributed by atoms with E-state index in [1.54, 1.807) is 39.2 Å². The van der Waals surface area contributed by atoms with Crippen LogP contribution in [0, 0.1) is 5.92 Å². The summed E-state index contributed by atoms with van der Waals surface area (Å²) in [6.07, 6.45) is 0.127. The number of methoxy groups -OCH3 is 2. The van der Waals surface area contributed by atoms with Crippen molar-refractivity contribution in [3.8, 4) is 11.5 Å². The van der Waals surface area contributed by atoms with Crippen LogP contribution in [-0.2, 0) is 20.7 Å². The summed E-state index contributed by atoms with van der Waals surface area (Å²) in [6, 6.07) is 5.28. The summed E-state index contributed by atoms with van der Waals surface area (Å²) >= 11 is 0. The van der Waals surface area contributed by atoms with Gasteiger partial charge in [0.25, 0.3) is 0 Å². The fraction of sp³-hybridized carbons (Fsp3) is 0.556. The fourth-order valence-electron chi connectivity index (χ4n) is 2.22. The van der Waals surface area contributed by atoms with Crippen LogP contribution in [0.3, 0.4) is 0 Å². The maximum absolute atomic E-state index is 12.4. The molecule has 0 radical (unpaired) electrons. The Morgan fingerprint density at radius 3 is 2.29 bits per heavy atom. The third-order valence-corrected chi connectivity index (χ3v) is 4.07. The normalized spacial score (nSPS) is 13.1. The highest BCUT2D eigenvalue weighted by Gasteiger charge is 2.39. The first-order valence-corrected chi connectivity index (χ1v) is 7.97. The Morgan fingerprint density at radius 2 is 1.79 bits per heavy atom. The smallest absolute Gasteiger partial charge is 0.331 e. The van der Waals surface area contributed by atoms with Gasteiger partial charge in [-0.25, -0.2) is 4.79 Å². The Balaban J connectivity index is 2.88. The van der Waals surface area contributed by atoms with Gasteiger partial charge >= 0.3 is 5.97 Å². The topological polar surface area (TPSA) is 73.9 Å². The minimum absolute atomic E-state index is 0.106. The predicted molar refractivity (Wildman–Crippen MR) is 91.3 cm³/mol. The van der Waals surface area contributed by atoms with Crippen LogP contribution >= 0.6 is 0 Å². The lowest BCUT2D eigenvalue weighted by atomic mass is 9.88. The first-order valence-electron chi connectivity index (χ1n) is 7.97. The van der Waals surface area contributed by atoms with Gasteiger partial charge in [-0.15, -0.1) is 0 Å². The van der Waals surface area contributed by atoms with Gasteiger partial charge in [-0.05, 0) is 37.5 Å². The largest absolute Gasteiger partial charge is 0.493 e. The molecule has 0 heterocycles. The summed E-state index contributed by atoms with van der Waals surface area (Å²) in [5, 5.41) is 2.81. The number of ether oxygens (including phenoxy) is 3. The average Bonchev–Trinajstić information content (AvgIpc) is 2.54. The molecule has 24 heavy (non-hydrogen) atoms. The van der Waals surface area contributed by atoms with Gasteiger partial charge in [-0.3, -0.25) is 4.79 Å². The molecule has 0 aliphatic carbocycles. The van der Waals surface area contributed by atoms with Crippen LogP contribution in [0.5, 0.6) is 11.5 Å². The zero-order chi connectivity index (χ0) is 18.3. The fourth-order valence-corrected chi connectivity index (χ4v) is 2.22. The SMILES string of the molecule is CCOC(=O)C(C)(NC(=O)Cc1ccc(OC)c(OC)c1)C(C)C. The maximum atomic E-state index is 12.4. The summed E-state index contributed by atoms with van der Waals surface area (Å²) in [5.74, 6) is 0.359. The summed E-state index contributed by atoms with van der Waals surface area (Å²) < 4.78 is 15.5. The molecular formula is C18H27NO5. The highest BCUT2D eigenvalue weighted by Crippen LogP contribution is 2.28. The van der Waals surface area contributed by atoms with Crippen molar-refractivity contribution in [3.63, 3.8) is 0 Å². The number of amides is 1. The van der Waals surface area contributed by atoms with E-state index in [4.69, 9.17) is 14.2 Å². The van der Waals surface area contributed by atoms with E-state index in [2.05, 4.69) is 5.32 Å². The minimum Gasteiger partial charge on any atom is -0.493 e. The molecule has 0 spiro atoms. The molecule has 1 unspecified atom stereocenters. The van der Waals surface area contributed by atoms with Crippen LogP contribution in [0.15, 0.2) is 18.2 Å². The van der Waals surface area contributed by atoms with Crippen molar-refractivity contribution in [2.45, 2.75) is 39.7 Å². The standard InChI is InChI=1S/C18H27NO5/c1-7-24-17(21)18(4,12(2)3)19-16(20)11-13-8-9-14(22-5)15(10-13)23-6/h8-10,12H,7,11H2,1-6H3,(H,19,20). The molecule has 0 aliphatic heterocycles. The Hall–Kier alpha value is -2.24. The summed E-state index contributed by atoms with van der Waals surface area (Å²) in [7, 11) is 3.09. The van der Waals surface area contributed by atoms with E-state index in [0.717, 1.165) is 5.56 Å². The number of esters is 1. The Bertz CT molecular complexity index is 585. The van der Waals surface area contributed by atoms with E-state index < -0.39 is 11.5 Å². The van der Waals surface area contributed by atoms with Gasteiger partial charge < -0.3 is 19.5 Å². The molecule has 6 heteroatoms. The van der Waals surface area contributed by atoms with Crippen molar-refractivity contribution >= 4 is 11.9 Å². The second-order valence-electron chi connectivity index (χ2n) is 5.99. The van der Waals surface area contributed by atoms with Crippen molar-refractivity contribution < 1.29 is 23.8 Å². The molecule has 0 aliphatic rings. The van der Waals surface area contributed by atoms with Crippen LogP contribution in [0.4, 0.5) is 0 Å². The lowest BCUT2D eigenvalue weighted by Gasteiger charge is -2.32. The molecule has 0 fully saturated rings. The van der Waals surface area contributed by atoms with Crippen LogP contribution in [0.2, 0.25) is 0 Å². The molecule has 0 saturated carbocycles. The van der Waals surface area contributed by atoms with Gasteiger partial charge in [-0.1, -0.05) is 19.9 Å². The number of rotatable bonds is 8. The van der Waals surface area contributed by atoms with Crippen molar-refractivity contribution in [2.75, 3.05) is 20.8 Å². The van der Waals surface area contributed by atoms with E-state index in [9.17, 15) is 9.59 Å². The summed E-state index contributed by atoms with van der Waals surface area (Å²) in [6.45, 7) is 7.43. The van der Waals surface area contributed by atoms with E-state index in [0.29, 0.717) is 11.5 Å². The van der Waals surface area contributed by atoms with Gasteiger partial charge in [0.1, 0.15) is 5.54 Å². The number of carbonyl (C=O) groups excluding carboxylic acids is 2. The lowest BCUT2D eigenvalue weighted by Crippen LogP contribution is -2.57. The number of carbonyl (C=O) groups is 2. The zero-order valence-corrected chi connectivity index (χ0v) is 15.3. The molecule has 6 nitrogen and oxygen atoms in total. The van der Waals surface area contributed by atoms with Crippen molar-refractivity contribution in [3.05, 3.63) is 23.8 Å². The van der Waals surface area contributed by atoms with Crippen LogP contribution in [-0.4, -0.2) is 38.2 Å². The molecule has 1 N–H and O–H groups in total. The Morgan fingerprint density at radius 1 is 1.17 bits per heavy atom. The third kappa shape index (κ3) is 4.63. The van der Waals surface area contributed by atoms with E-state index in [-0.39, 0.29) is 24.9 Å². The molecule has 0 saturated heterocycles. The average molecular weight is 337 g/mol. The molecular weight excluding hydrogens is 310 g/mol. The third-order valence-electron chi connectivity index (χ3n) is 4.07. The number of hydrogen-bond donors (Lipinski definition) is 1. The van der Waals surface area contributed by atoms with Crippen molar-refractivity contribution in [1.29, 1.82) is 0 Å².